The van der Waals surface area contributed by atoms with E-state index in [4.69, 9.17) is 9.98 Å². The van der Waals surface area contributed by atoms with E-state index in [1.54, 1.807) is 0 Å². The molecular weight excluding hydrogens is 344 g/mol. The van der Waals surface area contributed by atoms with Crippen LogP contribution >= 0.6 is 0 Å². The molecule has 2 aromatic heterocycles. The third-order valence-corrected chi connectivity index (χ3v) is 4.76. The standard InChI is InChI=1S/C24H18N4/c1-5-17-13-18-6-2-10-24(28-16-20-8-4-12-26-20)22(18)14-21(17)23(9-1)27-15-19-7-3-11-25-19/h1-16,25-26H. The lowest BCUT2D eigenvalue weighted by Crippen LogP contribution is -1.82. The Bertz CT molecular complexity index is 1190. The smallest absolute Gasteiger partial charge is 0.0709 e. The molecule has 0 bridgehead atoms. The van der Waals surface area contributed by atoms with Crippen LogP contribution in [0.4, 0.5) is 11.4 Å². The fourth-order valence-corrected chi connectivity index (χ4v) is 3.37. The van der Waals surface area contributed by atoms with Gasteiger partial charge >= 0.3 is 0 Å². The second-order valence-corrected chi connectivity index (χ2v) is 6.62. The van der Waals surface area contributed by atoms with E-state index in [9.17, 15) is 0 Å². The van der Waals surface area contributed by atoms with Crippen molar-refractivity contribution in [3.05, 3.63) is 96.6 Å². The van der Waals surface area contributed by atoms with Crippen molar-refractivity contribution in [1.82, 2.24) is 9.97 Å². The van der Waals surface area contributed by atoms with Crippen LogP contribution in [0.2, 0.25) is 0 Å². The van der Waals surface area contributed by atoms with Crippen molar-refractivity contribution in [3.63, 3.8) is 0 Å². The maximum Gasteiger partial charge on any atom is 0.0709 e. The Kier molecular flexibility index (Phi) is 4.07. The number of nitrogens with one attached hydrogen (secondary N) is 2. The predicted octanol–water partition coefficient (Wildman–Crippen LogP) is 6.15. The SMILES string of the molecule is C(=Nc1cccc2cc3cccc(N=Cc4ccc[nH]4)c3cc12)c1ccc[nH]1. The van der Waals surface area contributed by atoms with Crippen molar-refractivity contribution in [3.8, 4) is 0 Å². The zero-order chi connectivity index (χ0) is 18.8. The number of hydrogen-bond donors (Lipinski definition) is 2. The predicted molar refractivity (Wildman–Crippen MR) is 118 cm³/mol. The molecular formula is C24H18N4. The summed E-state index contributed by atoms with van der Waals surface area (Å²) in [7, 11) is 0. The third kappa shape index (κ3) is 3.12. The van der Waals surface area contributed by atoms with Crippen molar-refractivity contribution >= 4 is 45.3 Å². The van der Waals surface area contributed by atoms with Crippen LogP contribution in [0.5, 0.6) is 0 Å². The molecule has 0 saturated carbocycles. The number of hydrogen-bond acceptors (Lipinski definition) is 2. The highest BCUT2D eigenvalue weighted by atomic mass is 14.8. The Hall–Kier alpha value is -3.92. The molecule has 0 unspecified atom stereocenters. The van der Waals surface area contributed by atoms with Crippen molar-refractivity contribution < 1.29 is 0 Å². The van der Waals surface area contributed by atoms with Crippen molar-refractivity contribution in [2.24, 2.45) is 9.98 Å². The fourth-order valence-electron chi connectivity index (χ4n) is 3.37. The van der Waals surface area contributed by atoms with Gasteiger partial charge in [0, 0.05) is 23.2 Å². The zero-order valence-corrected chi connectivity index (χ0v) is 15.1. The molecule has 28 heavy (non-hydrogen) atoms. The van der Waals surface area contributed by atoms with Gasteiger partial charge in [-0.2, -0.15) is 0 Å². The van der Waals surface area contributed by atoms with Gasteiger partial charge in [0.15, 0.2) is 0 Å². The second kappa shape index (κ2) is 7.00. The molecule has 4 nitrogen and oxygen atoms in total. The van der Waals surface area contributed by atoms with E-state index in [0.717, 1.165) is 33.5 Å². The number of aromatic nitrogens is 2. The monoisotopic (exact) mass is 362 g/mol. The lowest BCUT2D eigenvalue weighted by Gasteiger charge is -2.07. The molecule has 0 atom stereocenters. The van der Waals surface area contributed by atoms with Gasteiger partial charge in [0.1, 0.15) is 0 Å². The maximum absolute atomic E-state index is 4.70. The number of benzene rings is 3. The van der Waals surface area contributed by atoms with Gasteiger partial charge in [-0.15, -0.1) is 0 Å². The topological polar surface area (TPSA) is 56.3 Å². The minimum absolute atomic E-state index is 0.942. The first-order valence-electron chi connectivity index (χ1n) is 9.17. The molecule has 0 amide bonds. The summed E-state index contributed by atoms with van der Waals surface area (Å²) in [5, 5.41) is 4.55. The summed E-state index contributed by atoms with van der Waals surface area (Å²) in [6.45, 7) is 0. The van der Waals surface area contributed by atoms with Crippen LogP contribution in [0, 0.1) is 0 Å². The van der Waals surface area contributed by atoms with Crippen LogP contribution in [0.1, 0.15) is 11.4 Å². The van der Waals surface area contributed by atoms with E-state index in [0.29, 0.717) is 0 Å². The maximum atomic E-state index is 4.70. The molecule has 5 rings (SSSR count). The lowest BCUT2D eigenvalue weighted by molar-refractivity contribution is 1.38. The van der Waals surface area contributed by atoms with Crippen LogP contribution in [0.25, 0.3) is 21.5 Å². The number of H-pyrrole nitrogens is 2. The van der Waals surface area contributed by atoms with Crippen LogP contribution in [-0.2, 0) is 0 Å². The number of aliphatic imine (C=N–C) groups is 2. The molecule has 134 valence electrons. The first kappa shape index (κ1) is 16.3. The van der Waals surface area contributed by atoms with Crippen molar-refractivity contribution in [2.75, 3.05) is 0 Å². The largest absolute Gasteiger partial charge is 0.360 e. The second-order valence-electron chi connectivity index (χ2n) is 6.62. The van der Waals surface area contributed by atoms with Crippen LogP contribution in [0.3, 0.4) is 0 Å². The molecule has 2 N–H and O–H groups in total. The van der Waals surface area contributed by atoms with Crippen LogP contribution in [-0.4, -0.2) is 22.4 Å². The summed E-state index contributed by atoms with van der Waals surface area (Å²) in [4.78, 5) is 15.7. The number of nitrogens with zero attached hydrogens (tertiary/aromatic N) is 2. The number of fused-ring (bicyclic) bond motifs is 2. The minimum Gasteiger partial charge on any atom is -0.360 e. The average Bonchev–Trinajstić information content (AvgIpc) is 3.43. The first-order chi connectivity index (χ1) is 13.9. The van der Waals surface area contributed by atoms with Crippen LogP contribution in [0.15, 0.2) is 95.2 Å². The summed E-state index contributed by atoms with van der Waals surface area (Å²) >= 11 is 0. The van der Waals surface area contributed by atoms with Gasteiger partial charge in [-0.1, -0.05) is 24.3 Å². The van der Waals surface area contributed by atoms with Crippen molar-refractivity contribution in [2.45, 2.75) is 0 Å². The van der Waals surface area contributed by atoms with E-state index >= 15 is 0 Å². The molecule has 0 fully saturated rings. The molecule has 0 aliphatic carbocycles. The lowest BCUT2D eigenvalue weighted by atomic mass is 10.0. The summed E-state index contributed by atoms with van der Waals surface area (Å²) < 4.78 is 0. The van der Waals surface area contributed by atoms with E-state index in [1.165, 1.54) is 10.8 Å². The minimum atomic E-state index is 0.942. The van der Waals surface area contributed by atoms with Gasteiger partial charge in [-0.3, -0.25) is 9.98 Å². The van der Waals surface area contributed by atoms with Gasteiger partial charge in [0.05, 0.1) is 35.2 Å². The van der Waals surface area contributed by atoms with E-state index < -0.39 is 0 Å². The van der Waals surface area contributed by atoms with Crippen LogP contribution < -0.4 is 0 Å². The summed E-state index contributed by atoms with van der Waals surface area (Å²) in [5.74, 6) is 0. The first-order valence-corrected chi connectivity index (χ1v) is 9.17. The van der Waals surface area contributed by atoms with Gasteiger partial charge in [0.25, 0.3) is 0 Å². The fraction of sp³-hybridized carbons (Fsp3) is 0. The molecule has 0 aliphatic rings. The Labute approximate surface area is 162 Å². The number of aromatic amines is 2. The Balaban J connectivity index is 1.64. The highest BCUT2D eigenvalue weighted by molar-refractivity contribution is 6.07. The van der Waals surface area contributed by atoms with Gasteiger partial charge in [-0.05, 0) is 59.3 Å². The highest BCUT2D eigenvalue weighted by Crippen LogP contribution is 2.34. The summed E-state index contributed by atoms with van der Waals surface area (Å²) in [5.41, 5.74) is 3.84. The Morgan fingerprint density at radius 2 is 1.11 bits per heavy atom. The Morgan fingerprint density at radius 3 is 1.57 bits per heavy atom. The number of rotatable bonds is 4. The third-order valence-electron chi connectivity index (χ3n) is 4.76. The zero-order valence-electron chi connectivity index (χ0n) is 15.1. The summed E-state index contributed by atoms with van der Waals surface area (Å²) in [6.07, 6.45) is 7.50. The quantitative estimate of drug-likeness (QED) is 0.285. The molecule has 0 spiro atoms. The van der Waals surface area contributed by atoms with E-state index in [2.05, 4.69) is 34.2 Å². The molecule has 2 heterocycles. The Morgan fingerprint density at radius 1 is 0.571 bits per heavy atom. The molecule has 4 heteroatoms. The molecule has 5 aromatic rings. The van der Waals surface area contributed by atoms with E-state index in [-0.39, 0.29) is 0 Å². The molecule has 0 saturated heterocycles. The summed E-state index contributed by atoms with van der Waals surface area (Å²) in [6, 6.07) is 24.7. The van der Waals surface area contributed by atoms with E-state index in [1.807, 2.05) is 73.4 Å². The van der Waals surface area contributed by atoms with Gasteiger partial charge in [0.2, 0.25) is 0 Å². The average molecular weight is 362 g/mol. The van der Waals surface area contributed by atoms with Gasteiger partial charge in [-0.25, -0.2) is 0 Å². The van der Waals surface area contributed by atoms with Gasteiger partial charge < -0.3 is 9.97 Å². The molecule has 3 aromatic carbocycles. The van der Waals surface area contributed by atoms with Crippen molar-refractivity contribution in [1.29, 1.82) is 0 Å². The molecule has 0 aliphatic heterocycles. The highest BCUT2D eigenvalue weighted by Gasteiger charge is 2.05. The normalized spacial score (nSPS) is 12.0. The molecule has 0 radical (unpaired) electrons.